The number of amides is 1. The van der Waals surface area contributed by atoms with E-state index in [4.69, 9.17) is 16.3 Å². The lowest BCUT2D eigenvalue weighted by atomic mass is 9.79. The highest BCUT2D eigenvalue weighted by Gasteiger charge is 2.42. The number of carbonyl (C=O) groups excluding carboxylic acids is 2. The molecule has 0 unspecified atom stereocenters. The number of hydrogen-bond donors (Lipinski definition) is 0. The number of carbonyl (C=O) groups is 2. The zero-order chi connectivity index (χ0) is 25.8. The van der Waals surface area contributed by atoms with Gasteiger partial charge in [-0.05, 0) is 52.4 Å². The van der Waals surface area contributed by atoms with Gasteiger partial charge in [-0.1, -0.05) is 62.7 Å². The minimum atomic E-state index is -1.25. The quantitative estimate of drug-likeness (QED) is 0.518. The second kappa shape index (κ2) is 8.86. The van der Waals surface area contributed by atoms with E-state index < -0.39 is 17.9 Å². The largest absolute Gasteiger partial charge is 0.549 e. The number of fused-ring (bicyclic) bond motifs is 2. The molecule has 3 aromatic rings. The van der Waals surface area contributed by atoms with Crippen LogP contribution in [0.15, 0.2) is 60.7 Å². The summed E-state index contributed by atoms with van der Waals surface area (Å²) in [5.41, 5.74) is 3.61. The van der Waals surface area contributed by atoms with E-state index in [0.29, 0.717) is 40.6 Å². The maximum atomic E-state index is 13.9. The molecule has 3 aromatic carbocycles. The standard InChI is InChI=1S/C29H29ClN2O4/c1-29(2,3)21-11-10-18(16-22(21)30)32-26(17-9-12-24-23(15-17)31(4)13-14-36-24)25(28(34)35)19-7-5-6-8-20(19)27(32)33/h5-12,15-16,25-26H,13-14H2,1-4H3,(H,34,35)/p-1/t25-,26+/m1/s1. The van der Waals surface area contributed by atoms with Crippen molar-refractivity contribution in [3.63, 3.8) is 0 Å². The molecular weight excluding hydrogens is 476 g/mol. The Morgan fingerprint density at radius 2 is 1.83 bits per heavy atom. The van der Waals surface area contributed by atoms with Gasteiger partial charge in [0, 0.05) is 29.2 Å². The van der Waals surface area contributed by atoms with Crippen LogP contribution in [0.2, 0.25) is 5.02 Å². The van der Waals surface area contributed by atoms with Gasteiger partial charge in [0.15, 0.2) is 0 Å². The summed E-state index contributed by atoms with van der Waals surface area (Å²) in [4.78, 5) is 30.2. The maximum absolute atomic E-state index is 13.9. The van der Waals surface area contributed by atoms with Crippen LogP contribution >= 0.6 is 11.6 Å². The van der Waals surface area contributed by atoms with Crippen molar-refractivity contribution < 1.29 is 19.4 Å². The molecule has 6 nitrogen and oxygen atoms in total. The minimum Gasteiger partial charge on any atom is -0.549 e. The molecule has 2 atom stereocenters. The van der Waals surface area contributed by atoms with E-state index in [-0.39, 0.29) is 11.3 Å². The van der Waals surface area contributed by atoms with Gasteiger partial charge in [-0.3, -0.25) is 9.69 Å². The third-order valence-electron chi connectivity index (χ3n) is 7.05. The summed E-state index contributed by atoms with van der Waals surface area (Å²) < 4.78 is 5.79. The van der Waals surface area contributed by atoms with Crippen molar-refractivity contribution >= 4 is 34.9 Å². The van der Waals surface area contributed by atoms with Crippen molar-refractivity contribution in [3.05, 3.63) is 87.9 Å². The molecule has 1 amide bonds. The molecule has 0 aliphatic carbocycles. The summed E-state index contributed by atoms with van der Waals surface area (Å²) >= 11 is 6.70. The molecule has 36 heavy (non-hydrogen) atoms. The van der Waals surface area contributed by atoms with E-state index in [0.717, 1.165) is 17.0 Å². The van der Waals surface area contributed by atoms with Crippen LogP contribution in [0.5, 0.6) is 5.75 Å². The van der Waals surface area contributed by atoms with Crippen LogP contribution in [0.25, 0.3) is 0 Å². The number of likely N-dealkylation sites (N-methyl/N-ethyl adjacent to an activating group) is 1. The number of carboxylic acids is 1. The summed E-state index contributed by atoms with van der Waals surface area (Å²) in [7, 11) is 1.96. The SMILES string of the molecule is CN1CCOc2ccc([C@H]3[C@H](C(=O)[O-])c4ccccc4C(=O)N3c3ccc(C(C)(C)C)c(Cl)c3)cc21. The molecular formula is C29H28ClN2O4-. The molecule has 0 saturated carbocycles. The fourth-order valence-corrected chi connectivity index (χ4v) is 5.69. The molecule has 2 aliphatic rings. The number of halogens is 1. The monoisotopic (exact) mass is 503 g/mol. The lowest BCUT2D eigenvalue weighted by Gasteiger charge is -2.43. The van der Waals surface area contributed by atoms with Gasteiger partial charge in [0.1, 0.15) is 12.4 Å². The van der Waals surface area contributed by atoms with Gasteiger partial charge in [-0.15, -0.1) is 0 Å². The van der Waals surface area contributed by atoms with E-state index in [1.54, 1.807) is 35.2 Å². The summed E-state index contributed by atoms with van der Waals surface area (Å²) in [6.07, 6.45) is 0. The summed E-state index contributed by atoms with van der Waals surface area (Å²) in [5, 5.41) is 13.2. The third-order valence-corrected chi connectivity index (χ3v) is 7.36. The number of anilines is 2. The van der Waals surface area contributed by atoms with Crippen molar-refractivity contribution in [2.45, 2.75) is 38.1 Å². The molecule has 2 heterocycles. The van der Waals surface area contributed by atoms with E-state index in [1.807, 2.05) is 37.4 Å². The van der Waals surface area contributed by atoms with Crippen molar-refractivity contribution in [1.82, 2.24) is 0 Å². The number of carboxylic acid groups (broad SMARTS) is 1. The predicted octanol–water partition coefficient (Wildman–Crippen LogP) is 4.70. The van der Waals surface area contributed by atoms with Crippen LogP contribution < -0.4 is 19.6 Å². The van der Waals surface area contributed by atoms with E-state index >= 15 is 0 Å². The first kappa shape index (κ1) is 24.2. The lowest BCUT2D eigenvalue weighted by Crippen LogP contribution is -2.48. The van der Waals surface area contributed by atoms with E-state index in [2.05, 4.69) is 25.7 Å². The summed E-state index contributed by atoms with van der Waals surface area (Å²) in [6, 6.07) is 17.1. The second-order valence-electron chi connectivity index (χ2n) is 10.4. The molecule has 0 aromatic heterocycles. The van der Waals surface area contributed by atoms with Gasteiger partial charge in [0.05, 0.1) is 24.2 Å². The first-order valence-corrected chi connectivity index (χ1v) is 12.4. The van der Waals surface area contributed by atoms with Crippen molar-refractivity contribution in [2.24, 2.45) is 0 Å². The highest BCUT2D eigenvalue weighted by Crippen LogP contribution is 2.47. The number of benzene rings is 3. The van der Waals surface area contributed by atoms with E-state index in [9.17, 15) is 14.7 Å². The average molecular weight is 504 g/mol. The van der Waals surface area contributed by atoms with Gasteiger partial charge in [0.2, 0.25) is 0 Å². The van der Waals surface area contributed by atoms with Crippen LogP contribution in [0.1, 0.15) is 59.8 Å². The Bertz CT molecular complexity index is 1360. The fraction of sp³-hybridized carbons (Fsp3) is 0.310. The molecule has 0 radical (unpaired) electrons. The lowest BCUT2D eigenvalue weighted by molar-refractivity contribution is -0.308. The highest BCUT2D eigenvalue weighted by atomic mass is 35.5. The van der Waals surface area contributed by atoms with Crippen molar-refractivity contribution in [2.75, 3.05) is 30.0 Å². The topological polar surface area (TPSA) is 72.9 Å². The second-order valence-corrected chi connectivity index (χ2v) is 10.8. The Morgan fingerprint density at radius 3 is 2.53 bits per heavy atom. The molecule has 186 valence electrons. The van der Waals surface area contributed by atoms with Gasteiger partial charge >= 0.3 is 0 Å². The normalized spacial score (nSPS) is 19.4. The van der Waals surface area contributed by atoms with Gasteiger partial charge < -0.3 is 19.5 Å². The fourth-order valence-electron chi connectivity index (χ4n) is 5.23. The van der Waals surface area contributed by atoms with Gasteiger partial charge in [0.25, 0.3) is 5.91 Å². The number of nitrogens with zero attached hydrogens (tertiary/aromatic N) is 2. The highest BCUT2D eigenvalue weighted by molar-refractivity contribution is 6.32. The molecule has 0 saturated heterocycles. The van der Waals surface area contributed by atoms with Gasteiger partial charge in [-0.2, -0.15) is 0 Å². The van der Waals surface area contributed by atoms with Crippen molar-refractivity contribution in [3.8, 4) is 5.75 Å². The molecule has 7 heteroatoms. The Morgan fingerprint density at radius 1 is 1.08 bits per heavy atom. The number of aliphatic carboxylic acids is 1. The van der Waals surface area contributed by atoms with Crippen LogP contribution in [0, 0.1) is 0 Å². The zero-order valence-electron chi connectivity index (χ0n) is 20.7. The molecule has 0 fully saturated rings. The molecule has 5 rings (SSSR count). The first-order chi connectivity index (χ1) is 17.1. The van der Waals surface area contributed by atoms with Crippen molar-refractivity contribution in [1.29, 1.82) is 0 Å². The predicted molar refractivity (Wildman–Crippen MR) is 139 cm³/mol. The minimum absolute atomic E-state index is 0.190. The number of ether oxygens (including phenoxy) is 1. The average Bonchev–Trinajstić information content (AvgIpc) is 2.83. The summed E-state index contributed by atoms with van der Waals surface area (Å²) in [6.45, 7) is 7.48. The van der Waals surface area contributed by atoms with Crippen LogP contribution in [0.4, 0.5) is 11.4 Å². The maximum Gasteiger partial charge on any atom is 0.259 e. The number of hydrogen-bond acceptors (Lipinski definition) is 5. The van der Waals surface area contributed by atoms with Crippen LogP contribution in [-0.2, 0) is 10.2 Å². The Hall–Kier alpha value is -3.51. The molecule has 0 bridgehead atoms. The zero-order valence-corrected chi connectivity index (χ0v) is 21.5. The van der Waals surface area contributed by atoms with Gasteiger partial charge in [-0.25, -0.2) is 0 Å². The van der Waals surface area contributed by atoms with Crippen LogP contribution in [0.3, 0.4) is 0 Å². The molecule has 0 spiro atoms. The van der Waals surface area contributed by atoms with Crippen LogP contribution in [-0.4, -0.2) is 32.1 Å². The molecule has 0 N–H and O–H groups in total. The Balaban J connectivity index is 1.73. The molecule has 2 aliphatic heterocycles. The Kier molecular flexibility index (Phi) is 5.95. The summed E-state index contributed by atoms with van der Waals surface area (Å²) in [5.74, 6) is -1.88. The first-order valence-electron chi connectivity index (χ1n) is 12.0. The smallest absolute Gasteiger partial charge is 0.259 e. The van der Waals surface area contributed by atoms with E-state index in [1.165, 1.54) is 0 Å². The third kappa shape index (κ3) is 3.99. The number of rotatable bonds is 3. The Labute approximate surface area is 216 Å².